The van der Waals surface area contributed by atoms with Gasteiger partial charge in [-0.3, -0.25) is 0 Å². The molecule has 0 N–H and O–H groups in total. The summed E-state index contributed by atoms with van der Waals surface area (Å²) in [6.07, 6.45) is 0. The molecule has 1 atom stereocenters. The van der Waals surface area contributed by atoms with Gasteiger partial charge in [-0.2, -0.15) is 0 Å². The third-order valence-corrected chi connectivity index (χ3v) is 2.83. The summed E-state index contributed by atoms with van der Waals surface area (Å²) in [7, 11) is 0. The Balaban J connectivity index is 1.99. The molecule has 3 heteroatoms. The Bertz CT molecular complexity index is 340. The monoisotopic (exact) mass is 191 g/mol. The largest absolute Gasteiger partial charge is 0.489 e. The van der Waals surface area contributed by atoms with Crippen LogP contribution in [0.15, 0.2) is 24.3 Å². The summed E-state index contributed by atoms with van der Waals surface area (Å²) in [5, 5.41) is 0. The van der Waals surface area contributed by atoms with Gasteiger partial charge in [0.2, 0.25) is 0 Å². The lowest BCUT2D eigenvalue weighted by molar-refractivity contribution is 0.0705. The van der Waals surface area contributed by atoms with E-state index < -0.39 is 0 Å². The SMILES string of the molecule is c1ccc2c(c1)OCC1COCCN21. The van der Waals surface area contributed by atoms with Gasteiger partial charge in [0.25, 0.3) is 0 Å². The maximum Gasteiger partial charge on any atom is 0.142 e. The van der Waals surface area contributed by atoms with Gasteiger partial charge in [0, 0.05) is 6.54 Å². The van der Waals surface area contributed by atoms with E-state index in [4.69, 9.17) is 9.47 Å². The van der Waals surface area contributed by atoms with Crippen molar-refractivity contribution in [3.05, 3.63) is 24.3 Å². The average molecular weight is 191 g/mol. The van der Waals surface area contributed by atoms with Crippen LogP contribution in [0.4, 0.5) is 5.69 Å². The van der Waals surface area contributed by atoms with Crippen molar-refractivity contribution in [1.82, 2.24) is 0 Å². The Labute approximate surface area is 83.2 Å². The van der Waals surface area contributed by atoms with Gasteiger partial charge in [-0.15, -0.1) is 0 Å². The first kappa shape index (κ1) is 8.12. The van der Waals surface area contributed by atoms with Crippen LogP contribution in [0.2, 0.25) is 0 Å². The fraction of sp³-hybridized carbons (Fsp3) is 0.455. The predicted octanol–water partition coefficient (Wildman–Crippen LogP) is 1.28. The van der Waals surface area contributed by atoms with Crippen LogP contribution in [0.1, 0.15) is 0 Å². The summed E-state index contributed by atoms with van der Waals surface area (Å²) in [5.41, 5.74) is 1.21. The number of benzene rings is 1. The third-order valence-electron chi connectivity index (χ3n) is 2.83. The van der Waals surface area contributed by atoms with Crippen molar-refractivity contribution in [1.29, 1.82) is 0 Å². The molecule has 3 nitrogen and oxygen atoms in total. The lowest BCUT2D eigenvalue weighted by atomic mass is 10.1. The zero-order valence-corrected chi connectivity index (χ0v) is 7.98. The maximum atomic E-state index is 5.67. The second-order valence-corrected chi connectivity index (χ2v) is 3.70. The molecule has 1 saturated heterocycles. The molecule has 0 radical (unpaired) electrons. The Morgan fingerprint density at radius 2 is 2.14 bits per heavy atom. The van der Waals surface area contributed by atoms with E-state index in [-0.39, 0.29) is 0 Å². The van der Waals surface area contributed by atoms with E-state index in [1.165, 1.54) is 5.69 Å². The number of morpholine rings is 1. The van der Waals surface area contributed by atoms with Crippen molar-refractivity contribution in [2.24, 2.45) is 0 Å². The second-order valence-electron chi connectivity index (χ2n) is 3.70. The topological polar surface area (TPSA) is 21.7 Å². The van der Waals surface area contributed by atoms with E-state index in [2.05, 4.69) is 17.0 Å². The number of anilines is 1. The zero-order valence-electron chi connectivity index (χ0n) is 7.98. The number of hydrogen-bond acceptors (Lipinski definition) is 3. The Kier molecular flexibility index (Phi) is 1.84. The molecule has 14 heavy (non-hydrogen) atoms. The van der Waals surface area contributed by atoms with Crippen LogP contribution in [0.3, 0.4) is 0 Å². The molecule has 0 aromatic heterocycles. The predicted molar refractivity (Wildman–Crippen MR) is 53.9 cm³/mol. The van der Waals surface area contributed by atoms with Crippen LogP contribution in [0, 0.1) is 0 Å². The number of rotatable bonds is 0. The van der Waals surface area contributed by atoms with E-state index in [0.29, 0.717) is 6.04 Å². The van der Waals surface area contributed by atoms with Crippen LogP contribution < -0.4 is 9.64 Å². The van der Waals surface area contributed by atoms with Crippen LogP contribution in [-0.4, -0.2) is 32.4 Å². The van der Waals surface area contributed by atoms with Crippen molar-refractivity contribution in [2.75, 3.05) is 31.3 Å². The van der Waals surface area contributed by atoms with Crippen LogP contribution in [0.25, 0.3) is 0 Å². The summed E-state index contributed by atoms with van der Waals surface area (Å²) in [6, 6.07) is 8.62. The number of fused-ring (bicyclic) bond motifs is 3. The van der Waals surface area contributed by atoms with E-state index in [0.717, 1.165) is 32.1 Å². The molecule has 1 aromatic rings. The average Bonchev–Trinajstić information content (AvgIpc) is 2.29. The van der Waals surface area contributed by atoms with E-state index >= 15 is 0 Å². The molecule has 0 amide bonds. The van der Waals surface area contributed by atoms with Gasteiger partial charge in [-0.05, 0) is 12.1 Å². The summed E-state index contributed by atoms with van der Waals surface area (Å²) >= 11 is 0. The molecule has 2 heterocycles. The minimum Gasteiger partial charge on any atom is -0.489 e. The molecule has 1 aromatic carbocycles. The van der Waals surface area contributed by atoms with Crippen LogP contribution >= 0.6 is 0 Å². The molecule has 2 aliphatic rings. The van der Waals surface area contributed by atoms with Crippen LogP contribution in [-0.2, 0) is 4.74 Å². The first-order chi connectivity index (χ1) is 6.95. The van der Waals surface area contributed by atoms with Crippen molar-refractivity contribution in [3.8, 4) is 5.75 Å². The Hall–Kier alpha value is -1.22. The molecule has 0 bridgehead atoms. The lowest BCUT2D eigenvalue weighted by Crippen LogP contribution is -2.51. The smallest absolute Gasteiger partial charge is 0.142 e. The van der Waals surface area contributed by atoms with Crippen molar-refractivity contribution in [3.63, 3.8) is 0 Å². The minimum absolute atomic E-state index is 0.402. The molecule has 74 valence electrons. The van der Waals surface area contributed by atoms with Gasteiger partial charge >= 0.3 is 0 Å². The molecule has 1 fully saturated rings. The van der Waals surface area contributed by atoms with Gasteiger partial charge in [0.1, 0.15) is 12.4 Å². The molecule has 2 aliphatic heterocycles. The number of para-hydroxylation sites is 2. The van der Waals surface area contributed by atoms with Gasteiger partial charge in [0.15, 0.2) is 0 Å². The highest BCUT2D eigenvalue weighted by Gasteiger charge is 2.29. The molecule has 3 rings (SSSR count). The van der Waals surface area contributed by atoms with Gasteiger partial charge in [-0.25, -0.2) is 0 Å². The van der Waals surface area contributed by atoms with Gasteiger partial charge in [-0.1, -0.05) is 12.1 Å². The summed E-state index contributed by atoms with van der Waals surface area (Å²) in [5.74, 6) is 1.01. The molecule has 1 unspecified atom stereocenters. The van der Waals surface area contributed by atoms with E-state index in [1.54, 1.807) is 0 Å². The van der Waals surface area contributed by atoms with Crippen molar-refractivity contribution in [2.45, 2.75) is 6.04 Å². The zero-order chi connectivity index (χ0) is 9.38. The number of hydrogen-bond donors (Lipinski definition) is 0. The highest BCUT2D eigenvalue weighted by atomic mass is 16.5. The fourth-order valence-corrected chi connectivity index (χ4v) is 2.11. The van der Waals surface area contributed by atoms with E-state index in [1.807, 2.05) is 12.1 Å². The van der Waals surface area contributed by atoms with Gasteiger partial charge in [0.05, 0.1) is 24.9 Å². The van der Waals surface area contributed by atoms with Crippen LogP contribution in [0.5, 0.6) is 5.75 Å². The first-order valence-electron chi connectivity index (χ1n) is 5.01. The molecular weight excluding hydrogens is 178 g/mol. The van der Waals surface area contributed by atoms with Crippen molar-refractivity contribution < 1.29 is 9.47 Å². The van der Waals surface area contributed by atoms with Gasteiger partial charge < -0.3 is 14.4 Å². The van der Waals surface area contributed by atoms with Crippen molar-refractivity contribution >= 4 is 5.69 Å². The quantitative estimate of drug-likeness (QED) is 0.616. The molecule has 0 spiro atoms. The Morgan fingerprint density at radius 1 is 1.21 bits per heavy atom. The maximum absolute atomic E-state index is 5.67. The molecular formula is C11H13NO2. The fourth-order valence-electron chi connectivity index (χ4n) is 2.11. The number of nitrogens with zero attached hydrogens (tertiary/aromatic N) is 1. The molecule has 0 aliphatic carbocycles. The third kappa shape index (κ3) is 1.16. The number of ether oxygens (including phenoxy) is 2. The summed E-state index contributed by atoms with van der Waals surface area (Å²) in [4.78, 5) is 2.39. The first-order valence-corrected chi connectivity index (χ1v) is 5.01. The van der Waals surface area contributed by atoms with E-state index in [9.17, 15) is 0 Å². The lowest BCUT2D eigenvalue weighted by Gasteiger charge is -2.41. The summed E-state index contributed by atoms with van der Waals surface area (Å²) < 4.78 is 11.1. The normalized spacial score (nSPS) is 24.9. The standard InChI is InChI=1S/C11H13NO2/c1-2-4-11-10(3-1)12-5-6-13-7-9(12)8-14-11/h1-4,9H,5-8H2. The second kappa shape index (κ2) is 3.17. The Morgan fingerprint density at radius 3 is 3.14 bits per heavy atom. The molecule has 0 saturated carbocycles. The highest BCUT2D eigenvalue weighted by Crippen LogP contribution is 2.34. The minimum atomic E-state index is 0.402. The highest BCUT2D eigenvalue weighted by molar-refractivity contribution is 5.60. The summed E-state index contributed by atoms with van der Waals surface area (Å²) in [6.45, 7) is 3.33.